The van der Waals surface area contributed by atoms with Gasteiger partial charge in [-0.3, -0.25) is 14.8 Å². The highest BCUT2D eigenvalue weighted by atomic mass is 16.5. The van der Waals surface area contributed by atoms with E-state index in [9.17, 15) is 0 Å². The van der Waals surface area contributed by atoms with Gasteiger partial charge in [0.15, 0.2) is 0 Å². The van der Waals surface area contributed by atoms with Gasteiger partial charge in [-0.1, -0.05) is 6.07 Å². The van der Waals surface area contributed by atoms with Crippen molar-refractivity contribution in [3.8, 4) is 0 Å². The minimum absolute atomic E-state index is 0.0551. The molecule has 116 valence electrons. The predicted molar refractivity (Wildman–Crippen MR) is 81.0 cm³/mol. The first-order valence-corrected chi connectivity index (χ1v) is 7.89. The normalized spacial score (nSPS) is 28.0. The summed E-state index contributed by atoms with van der Waals surface area (Å²) in [5.41, 5.74) is 1.07. The number of pyridine rings is 1. The Hall–Kier alpha value is -1.01. The number of nitrogens with zero attached hydrogens (tertiary/aromatic N) is 3. The van der Waals surface area contributed by atoms with Gasteiger partial charge in [-0.2, -0.15) is 0 Å². The van der Waals surface area contributed by atoms with E-state index >= 15 is 0 Å². The molecule has 21 heavy (non-hydrogen) atoms. The number of rotatable bonds is 4. The molecule has 1 aromatic rings. The van der Waals surface area contributed by atoms with Crippen LogP contribution in [0.2, 0.25) is 0 Å². The van der Waals surface area contributed by atoms with Gasteiger partial charge in [-0.15, -0.1) is 0 Å². The van der Waals surface area contributed by atoms with Crippen molar-refractivity contribution in [3.63, 3.8) is 0 Å². The zero-order valence-electron chi connectivity index (χ0n) is 12.6. The zero-order chi connectivity index (χ0) is 14.5. The van der Waals surface area contributed by atoms with Gasteiger partial charge in [-0.25, -0.2) is 0 Å². The number of ether oxygens (including phenoxy) is 1. The number of likely N-dealkylation sites (tertiary alicyclic amines) is 1. The maximum absolute atomic E-state index is 9.15. The van der Waals surface area contributed by atoms with E-state index in [1.165, 1.54) is 6.42 Å². The molecule has 1 atom stereocenters. The SMILES string of the molecule is OCCN1CCO[C@]2(CCCN(Cc3ccccn3)C2)C1. The number of hydrogen-bond acceptors (Lipinski definition) is 5. The van der Waals surface area contributed by atoms with Crippen molar-refractivity contribution in [1.82, 2.24) is 14.8 Å². The Morgan fingerprint density at radius 2 is 2.14 bits per heavy atom. The van der Waals surface area contributed by atoms with Crippen LogP contribution in [0.3, 0.4) is 0 Å². The molecule has 0 amide bonds. The van der Waals surface area contributed by atoms with Gasteiger partial charge >= 0.3 is 0 Å². The first kappa shape index (κ1) is 14.9. The largest absolute Gasteiger partial charge is 0.395 e. The molecule has 3 rings (SSSR count). The monoisotopic (exact) mass is 291 g/mol. The molecule has 5 heteroatoms. The van der Waals surface area contributed by atoms with Crippen LogP contribution in [0.15, 0.2) is 24.4 Å². The molecule has 1 spiro atoms. The minimum atomic E-state index is -0.0551. The van der Waals surface area contributed by atoms with Crippen molar-refractivity contribution >= 4 is 0 Å². The lowest BCUT2D eigenvalue weighted by Crippen LogP contribution is -2.59. The average Bonchev–Trinajstić information content (AvgIpc) is 2.49. The molecule has 0 aliphatic carbocycles. The van der Waals surface area contributed by atoms with E-state index in [-0.39, 0.29) is 12.2 Å². The van der Waals surface area contributed by atoms with Gasteiger partial charge in [0, 0.05) is 38.9 Å². The first-order valence-electron chi connectivity index (χ1n) is 7.89. The van der Waals surface area contributed by atoms with Gasteiger partial charge in [0.2, 0.25) is 0 Å². The molecule has 0 unspecified atom stereocenters. The molecule has 5 nitrogen and oxygen atoms in total. The molecule has 0 radical (unpaired) electrons. The number of aliphatic hydroxyl groups excluding tert-OH is 1. The summed E-state index contributed by atoms with van der Waals surface area (Å²) >= 11 is 0. The quantitative estimate of drug-likeness (QED) is 0.887. The van der Waals surface area contributed by atoms with Gasteiger partial charge in [0.1, 0.15) is 0 Å². The molecular weight excluding hydrogens is 266 g/mol. The topological polar surface area (TPSA) is 48.8 Å². The summed E-state index contributed by atoms with van der Waals surface area (Å²) in [6.45, 7) is 6.60. The fraction of sp³-hybridized carbons (Fsp3) is 0.688. The van der Waals surface area contributed by atoms with Crippen molar-refractivity contribution in [2.45, 2.75) is 25.0 Å². The van der Waals surface area contributed by atoms with Crippen LogP contribution in [0.1, 0.15) is 18.5 Å². The third-order valence-electron chi connectivity index (χ3n) is 4.47. The van der Waals surface area contributed by atoms with Crippen LogP contribution in [0.25, 0.3) is 0 Å². The molecule has 0 aromatic carbocycles. The third kappa shape index (κ3) is 3.80. The lowest BCUT2D eigenvalue weighted by molar-refractivity contribution is -0.142. The number of morpholine rings is 1. The Kier molecular flexibility index (Phi) is 4.85. The number of piperidine rings is 1. The van der Waals surface area contributed by atoms with E-state index in [2.05, 4.69) is 20.9 Å². The predicted octanol–water partition coefficient (Wildman–Crippen LogP) is 0.741. The smallest absolute Gasteiger partial charge is 0.0936 e. The highest BCUT2D eigenvalue weighted by Gasteiger charge is 2.40. The summed E-state index contributed by atoms with van der Waals surface area (Å²) in [4.78, 5) is 9.20. The molecule has 0 saturated carbocycles. The average molecular weight is 291 g/mol. The second-order valence-electron chi connectivity index (χ2n) is 6.17. The number of hydrogen-bond donors (Lipinski definition) is 1. The molecule has 2 aliphatic rings. The van der Waals surface area contributed by atoms with Crippen LogP contribution in [-0.2, 0) is 11.3 Å². The van der Waals surface area contributed by atoms with E-state index in [0.29, 0.717) is 0 Å². The van der Waals surface area contributed by atoms with E-state index in [1.807, 2.05) is 18.3 Å². The van der Waals surface area contributed by atoms with Crippen molar-refractivity contribution in [2.24, 2.45) is 0 Å². The maximum atomic E-state index is 9.15. The van der Waals surface area contributed by atoms with Crippen LogP contribution in [0.4, 0.5) is 0 Å². The summed E-state index contributed by atoms with van der Waals surface area (Å²) in [6.07, 6.45) is 4.14. The second-order valence-corrected chi connectivity index (χ2v) is 6.17. The number of aliphatic hydroxyl groups is 1. The summed E-state index contributed by atoms with van der Waals surface area (Å²) in [5.74, 6) is 0. The highest BCUT2D eigenvalue weighted by Crippen LogP contribution is 2.29. The molecule has 1 N–H and O–H groups in total. The van der Waals surface area contributed by atoms with Crippen molar-refractivity contribution in [2.75, 3.05) is 45.9 Å². The molecule has 2 fully saturated rings. The summed E-state index contributed by atoms with van der Waals surface area (Å²) < 4.78 is 6.17. The van der Waals surface area contributed by atoms with Crippen molar-refractivity contribution in [1.29, 1.82) is 0 Å². The molecule has 3 heterocycles. The van der Waals surface area contributed by atoms with Crippen LogP contribution in [0, 0.1) is 0 Å². The minimum Gasteiger partial charge on any atom is -0.395 e. The van der Waals surface area contributed by atoms with Gasteiger partial charge in [0.05, 0.1) is 24.5 Å². The maximum Gasteiger partial charge on any atom is 0.0936 e. The Morgan fingerprint density at radius 1 is 1.24 bits per heavy atom. The summed E-state index contributed by atoms with van der Waals surface area (Å²) in [6, 6.07) is 6.08. The van der Waals surface area contributed by atoms with E-state index in [1.54, 1.807) is 0 Å². The highest BCUT2D eigenvalue weighted by molar-refractivity contribution is 5.04. The molecule has 2 saturated heterocycles. The lowest BCUT2D eigenvalue weighted by Gasteiger charge is -2.48. The molecule has 1 aromatic heterocycles. The molecule has 2 aliphatic heterocycles. The van der Waals surface area contributed by atoms with Crippen molar-refractivity contribution < 1.29 is 9.84 Å². The summed E-state index contributed by atoms with van der Waals surface area (Å²) in [5, 5.41) is 9.15. The Bertz CT molecular complexity index is 436. The van der Waals surface area contributed by atoms with Gasteiger partial charge in [0.25, 0.3) is 0 Å². The standard InChI is InChI=1S/C16H25N3O2/c20-10-8-18-9-11-21-16(13-18)5-3-7-19(14-16)12-15-4-1-2-6-17-15/h1-2,4,6,20H,3,5,7-14H2/t16-/m1/s1. The Labute approximate surface area is 126 Å². The first-order chi connectivity index (χ1) is 10.3. The van der Waals surface area contributed by atoms with Crippen LogP contribution < -0.4 is 0 Å². The van der Waals surface area contributed by atoms with Crippen LogP contribution in [0.5, 0.6) is 0 Å². The second kappa shape index (κ2) is 6.83. The van der Waals surface area contributed by atoms with Crippen LogP contribution >= 0.6 is 0 Å². The Morgan fingerprint density at radius 3 is 2.95 bits per heavy atom. The van der Waals surface area contributed by atoms with E-state index in [4.69, 9.17) is 9.84 Å². The zero-order valence-corrected chi connectivity index (χ0v) is 12.6. The molecular formula is C16H25N3O2. The van der Waals surface area contributed by atoms with Gasteiger partial charge in [-0.05, 0) is 31.5 Å². The number of β-amino-alcohol motifs (C(OH)–C–C–N with tert-alkyl or cyclic N) is 1. The lowest BCUT2D eigenvalue weighted by atomic mass is 9.90. The fourth-order valence-corrected chi connectivity index (χ4v) is 3.55. The van der Waals surface area contributed by atoms with Crippen molar-refractivity contribution in [3.05, 3.63) is 30.1 Å². The fourth-order valence-electron chi connectivity index (χ4n) is 3.55. The Balaban J connectivity index is 1.62. The van der Waals surface area contributed by atoms with E-state index in [0.717, 1.165) is 58.0 Å². The van der Waals surface area contributed by atoms with Crippen LogP contribution in [-0.4, -0.2) is 71.4 Å². The summed E-state index contributed by atoms with van der Waals surface area (Å²) in [7, 11) is 0. The molecule has 0 bridgehead atoms. The third-order valence-corrected chi connectivity index (χ3v) is 4.47. The van der Waals surface area contributed by atoms with E-state index < -0.39 is 0 Å². The number of aromatic nitrogens is 1. The van der Waals surface area contributed by atoms with Gasteiger partial charge < -0.3 is 9.84 Å².